The maximum atomic E-state index is 14.6. The van der Waals surface area contributed by atoms with Crippen LogP contribution in [0, 0.1) is 5.82 Å². The molecule has 1 aliphatic rings. The Bertz CT molecular complexity index is 1700. The first kappa shape index (κ1) is 26.1. The minimum Gasteiger partial charge on any atom is -0.497 e. The fraction of sp³-hybridized carbons (Fsp3) is 0.280. The average Bonchev–Trinajstić information content (AvgIpc) is 3.34. The van der Waals surface area contributed by atoms with Crippen LogP contribution in [-0.4, -0.2) is 57.6 Å². The summed E-state index contributed by atoms with van der Waals surface area (Å²) in [4.78, 5) is 8.61. The molecule has 0 spiro atoms. The van der Waals surface area contributed by atoms with Gasteiger partial charge in [0.1, 0.15) is 23.4 Å². The molecule has 13 heteroatoms. The number of nitrogens with one attached hydrogen (secondary N) is 1. The molecule has 4 aromatic rings. The number of anilines is 2. The Morgan fingerprint density at radius 3 is 2.34 bits per heavy atom. The molecule has 38 heavy (non-hydrogen) atoms. The van der Waals surface area contributed by atoms with Crippen LogP contribution < -0.4 is 10.1 Å². The lowest BCUT2D eigenvalue weighted by Crippen LogP contribution is -2.37. The van der Waals surface area contributed by atoms with Crippen molar-refractivity contribution in [2.75, 3.05) is 31.8 Å². The van der Waals surface area contributed by atoms with E-state index < -0.39 is 25.7 Å². The number of furan rings is 1. The van der Waals surface area contributed by atoms with Crippen LogP contribution in [0.1, 0.15) is 24.3 Å². The molecule has 2 aromatic carbocycles. The quantitative estimate of drug-likeness (QED) is 0.355. The maximum absolute atomic E-state index is 14.6. The van der Waals surface area contributed by atoms with Crippen LogP contribution in [0.3, 0.4) is 0 Å². The molecule has 0 amide bonds. The zero-order valence-corrected chi connectivity index (χ0v) is 22.2. The van der Waals surface area contributed by atoms with Gasteiger partial charge in [-0.05, 0) is 61.2 Å². The lowest BCUT2D eigenvalue weighted by Gasteiger charge is -2.30. The van der Waals surface area contributed by atoms with E-state index in [0.29, 0.717) is 42.8 Å². The van der Waals surface area contributed by atoms with Crippen LogP contribution in [0.5, 0.6) is 5.75 Å². The highest BCUT2D eigenvalue weighted by molar-refractivity contribution is 7.90. The SMILES string of the molecule is COc1ccc(S(=O)(=O)N2CCC(c3coc4c(Nc5ccc(S(C)(=O)=O)cc5F)ncnc34)CC2)cc1. The number of nitrogens with zero attached hydrogens (tertiary/aromatic N) is 3. The number of methoxy groups -OCH3 is 1. The lowest BCUT2D eigenvalue weighted by atomic mass is 9.91. The summed E-state index contributed by atoms with van der Waals surface area (Å²) in [5, 5.41) is 2.85. The van der Waals surface area contributed by atoms with Gasteiger partial charge in [-0.25, -0.2) is 31.2 Å². The summed E-state index contributed by atoms with van der Waals surface area (Å²) < 4.78 is 76.5. The maximum Gasteiger partial charge on any atom is 0.243 e. The third-order valence-corrected chi connectivity index (χ3v) is 9.62. The fourth-order valence-electron chi connectivity index (χ4n) is 4.51. The number of sulfonamides is 1. The molecule has 1 aliphatic heterocycles. The largest absolute Gasteiger partial charge is 0.497 e. The van der Waals surface area contributed by atoms with Crippen LogP contribution in [0.15, 0.2) is 69.3 Å². The van der Waals surface area contributed by atoms with E-state index in [2.05, 4.69) is 15.3 Å². The molecular formula is C25H25FN4O6S2. The Hall–Kier alpha value is -3.55. The van der Waals surface area contributed by atoms with Gasteiger partial charge < -0.3 is 14.5 Å². The minimum atomic E-state index is -3.63. The highest BCUT2D eigenvalue weighted by atomic mass is 32.2. The molecule has 200 valence electrons. The smallest absolute Gasteiger partial charge is 0.243 e. The van der Waals surface area contributed by atoms with Gasteiger partial charge in [-0.3, -0.25) is 0 Å². The Morgan fingerprint density at radius 1 is 1.03 bits per heavy atom. The summed E-state index contributed by atoms with van der Waals surface area (Å²) in [7, 11) is -5.66. The third-order valence-electron chi connectivity index (χ3n) is 6.59. The van der Waals surface area contributed by atoms with E-state index in [0.717, 1.165) is 17.9 Å². The van der Waals surface area contributed by atoms with Gasteiger partial charge in [-0.15, -0.1) is 0 Å². The number of aromatic nitrogens is 2. The number of sulfone groups is 1. The molecule has 3 heterocycles. The average molecular weight is 561 g/mol. The van der Waals surface area contributed by atoms with Crippen molar-refractivity contribution in [2.24, 2.45) is 0 Å². The van der Waals surface area contributed by atoms with Crippen LogP contribution in [0.2, 0.25) is 0 Å². The van der Waals surface area contributed by atoms with E-state index in [1.165, 1.54) is 42.0 Å². The van der Waals surface area contributed by atoms with Crippen molar-refractivity contribution >= 4 is 42.5 Å². The van der Waals surface area contributed by atoms with E-state index >= 15 is 0 Å². The summed E-state index contributed by atoms with van der Waals surface area (Å²) in [5.74, 6) is 0.0646. The zero-order valence-electron chi connectivity index (χ0n) is 20.6. The predicted octanol–water partition coefficient (Wildman–Crippen LogP) is 4.09. The van der Waals surface area contributed by atoms with Gasteiger partial charge in [0.05, 0.1) is 28.9 Å². The molecule has 0 radical (unpaired) electrons. The van der Waals surface area contributed by atoms with E-state index in [-0.39, 0.29) is 27.2 Å². The molecule has 5 rings (SSSR count). The number of hydrogen-bond acceptors (Lipinski definition) is 9. The summed E-state index contributed by atoms with van der Waals surface area (Å²) in [6, 6.07) is 9.88. The number of fused-ring (bicyclic) bond motifs is 1. The third kappa shape index (κ3) is 4.96. The molecule has 0 aliphatic carbocycles. The molecule has 0 unspecified atom stereocenters. The standard InChI is InChI=1S/C25H25FN4O6S2/c1-35-17-3-5-18(6-4-17)38(33,34)30-11-9-16(10-12-30)20-14-36-24-23(20)27-15-28-25(24)29-22-8-7-19(13-21(22)26)37(2,31)32/h3-8,13-16H,9-12H2,1-2H3,(H,27,28,29). The number of hydrogen-bond donors (Lipinski definition) is 1. The van der Waals surface area contributed by atoms with Crippen molar-refractivity contribution in [3.05, 3.63) is 66.4 Å². The second kappa shape index (κ2) is 9.97. The van der Waals surface area contributed by atoms with Gasteiger partial charge in [0.2, 0.25) is 10.0 Å². The zero-order chi connectivity index (χ0) is 27.1. The molecular weight excluding hydrogens is 535 g/mol. The van der Waals surface area contributed by atoms with Crippen molar-refractivity contribution < 1.29 is 30.4 Å². The van der Waals surface area contributed by atoms with E-state index in [1.54, 1.807) is 18.4 Å². The molecule has 2 aromatic heterocycles. The van der Waals surface area contributed by atoms with E-state index in [9.17, 15) is 21.2 Å². The molecule has 10 nitrogen and oxygen atoms in total. The fourth-order valence-corrected chi connectivity index (χ4v) is 6.61. The van der Waals surface area contributed by atoms with Crippen LogP contribution in [0.25, 0.3) is 11.1 Å². The topological polar surface area (TPSA) is 132 Å². The van der Waals surface area contributed by atoms with Gasteiger partial charge in [-0.1, -0.05) is 0 Å². The Morgan fingerprint density at radius 2 is 1.71 bits per heavy atom. The number of piperidine rings is 1. The van der Waals surface area contributed by atoms with Crippen molar-refractivity contribution in [1.29, 1.82) is 0 Å². The highest BCUT2D eigenvalue weighted by Gasteiger charge is 2.32. The normalized spacial score (nSPS) is 15.6. The molecule has 0 atom stereocenters. The molecule has 0 saturated carbocycles. The second-order valence-corrected chi connectivity index (χ2v) is 12.9. The Labute approximate surface area is 219 Å². The summed E-state index contributed by atoms with van der Waals surface area (Å²) >= 11 is 0. The van der Waals surface area contributed by atoms with E-state index in [4.69, 9.17) is 9.15 Å². The predicted molar refractivity (Wildman–Crippen MR) is 138 cm³/mol. The van der Waals surface area contributed by atoms with Crippen molar-refractivity contribution in [3.8, 4) is 5.75 Å². The van der Waals surface area contributed by atoms with E-state index in [1.807, 2.05) is 0 Å². The first-order chi connectivity index (χ1) is 18.1. The van der Waals surface area contributed by atoms with Gasteiger partial charge in [0.25, 0.3) is 0 Å². The second-order valence-electron chi connectivity index (χ2n) is 8.98. The van der Waals surface area contributed by atoms with Gasteiger partial charge >= 0.3 is 0 Å². The molecule has 1 fully saturated rings. The molecule has 1 N–H and O–H groups in total. The van der Waals surface area contributed by atoms with Crippen molar-refractivity contribution in [2.45, 2.75) is 28.6 Å². The first-order valence-electron chi connectivity index (χ1n) is 11.7. The monoisotopic (exact) mass is 560 g/mol. The minimum absolute atomic E-state index is 0.00657. The Balaban J connectivity index is 1.33. The highest BCUT2D eigenvalue weighted by Crippen LogP contribution is 2.37. The van der Waals surface area contributed by atoms with Crippen molar-refractivity contribution in [1.82, 2.24) is 14.3 Å². The summed E-state index contributed by atoms with van der Waals surface area (Å²) in [6.45, 7) is 0.666. The number of rotatable bonds is 7. The van der Waals surface area contributed by atoms with Gasteiger partial charge in [0.15, 0.2) is 21.2 Å². The Kier molecular flexibility index (Phi) is 6.84. The van der Waals surface area contributed by atoms with Crippen LogP contribution >= 0.6 is 0 Å². The van der Waals surface area contributed by atoms with Crippen molar-refractivity contribution in [3.63, 3.8) is 0 Å². The van der Waals surface area contributed by atoms with Crippen LogP contribution in [0.4, 0.5) is 15.9 Å². The van der Waals surface area contributed by atoms with Gasteiger partial charge in [-0.2, -0.15) is 4.31 Å². The van der Waals surface area contributed by atoms with Crippen LogP contribution in [-0.2, 0) is 19.9 Å². The first-order valence-corrected chi connectivity index (χ1v) is 15.0. The summed E-state index contributed by atoms with van der Waals surface area (Å²) in [5.41, 5.74) is 1.72. The summed E-state index contributed by atoms with van der Waals surface area (Å²) in [6.07, 6.45) is 5.05. The molecule has 0 bridgehead atoms. The number of benzene rings is 2. The lowest BCUT2D eigenvalue weighted by molar-refractivity contribution is 0.319. The van der Waals surface area contributed by atoms with Gasteiger partial charge in [0, 0.05) is 24.9 Å². The molecule has 1 saturated heterocycles. The number of ether oxygens (including phenoxy) is 1. The number of halogens is 1.